The van der Waals surface area contributed by atoms with Gasteiger partial charge in [-0.3, -0.25) is 4.72 Å². The van der Waals surface area contributed by atoms with Gasteiger partial charge in [0, 0.05) is 18.8 Å². The quantitative estimate of drug-likeness (QED) is 0.863. The van der Waals surface area contributed by atoms with Crippen molar-refractivity contribution >= 4 is 21.4 Å². The zero-order chi connectivity index (χ0) is 18.0. The van der Waals surface area contributed by atoms with Gasteiger partial charge >= 0.3 is 0 Å². The Labute approximate surface area is 146 Å². The fraction of sp³-hybridized carbons (Fsp3) is 0.438. The third-order valence-electron chi connectivity index (χ3n) is 4.04. The molecule has 0 spiro atoms. The summed E-state index contributed by atoms with van der Waals surface area (Å²) < 4.78 is 43.7. The third-order valence-corrected chi connectivity index (χ3v) is 5.65. The Kier molecular flexibility index (Phi) is 4.87. The topological polar surface area (TPSA) is 93.9 Å². The highest BCUT2D eigenvalue weighted by molar-refractivity contribution is 7.92. The largest absolute Gasteiger partial charge is 0.495 e. The Morgan fingerprint density at radius 3 is 2.56 bits per heavy atom. The van der Waals surface area contributed by atoms with E-state index in [0.717, 1.165) is 18.8 Å². The standard InChI is InChI=1S/C16H21N3O5S/c1-11-16(12(2)24-17-11)25(20,21)18-14-10-13(4-5-15(14)22-3)19-6-8-23-9-7-19/h4-5,10,18H,6-9H2,1-3H3. The number of nitrogens with zero attached hydrogens (tertiary/aromatic N) is 2. The summed E-state index contributed by atoms with van der Waals surface area (Å²) in [5.41, 5.74) is 1.58. The molecule has 1 aliphatic rings. The molecular formula is C16H21N3O5S. The highest BCUT2D eigenvalue weighted by Gasteiger charge is 2.26. The van der Waals surface area contributed by atoms with Crippen molar-refractivity contribution in [3.8, 4) is 5.75 Å². The summed E-state index contributed by atoms with van der Waals surface area (Å²) in [5, 5.41) is 3.71. The van der Waals surface area contributed by atoms with Crippen LogP contribution in [0.15, 0.2) is 27.6 Å². The Morgan fingerprint density at radius 2 is 1.96 bits per heavy atom. The van der Waals surface area contributed by atoms with Gasteiger partial charge in [0.25, 0.3) is 10.0 Å². The van der Waals surface area contributed by atoms with Crippen LogP contribution in [0.1, 0.15) is 11.5 Å². The normalized spacial score (nSPS) is 15.2. The summed E-state index contributed by atoms with van der Waals surface area (Å²) in [6, 6.07) is 5.41. The molecule has 1 N–H and O–H groups in total. The van der Waals surface area contributed by atoms with Crippen molar-refractivity contribution in [3.63, 3.8) is 0 Å². The number of aryl methyl sites for hydroxylation is 2. The molecule has 0 saturated carbocycles. The minimum atomic E-state index is -3.84. The smallest absolute Gasteiger partial charge is 0.267 e. The number of hydrogen-bond acceptors (Lipinski definition) is 7. The molecule has 0 aliphatic carbocycles. The summed E-state index contributed by atoms with van der Waals surface area (Å²) >= 11 is 0. The number of nitrogens with one attached hydrogen (secondary N) is 1. The summed E-state index contributed by atoms with van der Waals surface area (Å²) in [5.74, 6) is 0.681. The lowest BCUT2D eigenvalue weighted by Crippen LogP contribution is -2.36. The molecule has 2 aromatic rings. The van der Waals surface area contributed by atoms with Crippen LogP contribution in [-0.4, -0.2) is 47.0 Å². The predicted octanol–water partition coefficient (Wildman–Crippen LogP) is 1.94. The second-order valence-electron chi connectivity index (χ2n) is 5.74. The van der Waals surface area contributed by atoms with Gasteiger partial charge in [0.05, 0.1) is 26.0 Å². The van der Waals surface area contributed by atoms with Crippen LogP contribution in [0.5, 0.6) is 5.75 Å². The Balaban J connectivity index is 1.95. The Morgan fingerprint density at radius 1 is 1.24 bits per heavy atom. The molecule has 8 nitrogen and oxygen atoms in total. The molecule has 1 aromatic heterocycles. The van der Waals surface area contributed by atoms with E-state index >= 15 is 0 Å². The molecule has 0 atom stereocenters. The molecule has 9 heteroatoms. The molecule has 0 unspecified atom stereocenters. The van der Waals surface area contributed by atoms with Crippen molar-refractivity contribution in [2.45, 2.75) is 18.7 Å². The first kappa shape index (κ1) is 17.6. The molecule has 1 aromatic carbocycles. The lowest BCUT2D eigenvalue weighted by molar-refractivity contribution is 0.122. The van der Waals surface area contributed by atoms with E-state index in [1.54, 1.807) is 26.0 Å². The van der Waals surface area contributed by atoms with Gasteiger partial charge in [-0.05, 0) is 32.0 Å². The van der Waals surface area contributed by atoms with Crippen molar-refractivity contribution in [2.75, 3.05) is 43.0 Å². The molecular weight excluding hydrogens is 346 g/mol. The number of ether oxygens (including phenoxy) is 2. The van der Waals surface area contributed by atoms with E-state index in [1.807, 2.05) is 6.07 Å². The molecule has 136 valence electrons. The lowest BCUT2D eigenvalue weighted by atomic mass is 10.2. The fourth-order valence-electron chi connectivity index (χ4n) is 2.85. The minimum Gasteiger partial charge on any atom is -0.495 e. The molecule has 2 heterocycles. The molecule has 3 rings (SSSR count). The zero-order valence-electron chi connectivity index (χ0n) is 14.4. The highest BCUT2D eigenvalue weighted by atomic mass is 32.2. The van der Waals surface area contributed by atoms with E-state index in [2.05, 4.69) is 14.8 Å². The summed E-state index contributed by atoms with van der Waals surface area (Å²) in [6.45, 7) is 5.95. The number of hydrogen-bond donors (Lipinski definition) is 1. The minimum absolute atomic E-state index is 0.0475. The van der Waals surface area contributed by atoms with E-state index in [0.29, 0.717) is 30.3 Å². The second kappa shape index (κ2) is 6.93. The van der Waals surface area contributed by atoms with Crippen LogP contribution in [0.3, 0.4) is 0 Å². The van der Waals surface area contributed by atoms with Gasteiger partial charge in [-0.2, -0.15) is 0 Å². The maximum absolute atomic E-state index is 12.8. The number of anilines is 2. The zero-order valence-corrected chi connectivity index (χ0v) is 15.2. The van der Waals surface area contributed by atoms with Crippen LogP contribution >= 0.6 is 0 Å². The van der Waals surface area contributed by atoms with E-state index in [-0.39, 0.29) is 10.7 Å². The van der Waals surface area contributed by atoms with Gasteiger partial charge in [-0.15, -0.1) is 0 Å². The van der Waals surface area contributed by atoms with Gasteiger partial charge in [0.2, 0.25) is 0 Å². The average Bonchev–Trinajstić information content (AvgIpc) is 2.94. The Hall–Kier alpha value is -2.26. The van der Waals surface area contributed by atoms with Gasteiger partial charge < -0.3 is 18.9 Å². The first-order valence-electron chi connectivity index (χ1n) is 7.89. The Bertz CT molecular complexity index is 837. The summed E-state index contributed by atoms with van der Waals surface area (Å²) in [7, 11) is -2.34. The van der Waals surface area contributed by atoms with Crippen molar-refractivity contribution in [3.05, 3.63) is 29.7 Å². The van der Waals surface area contributed by atoms with Gasteiger partial charge in [-0.25, -0.2) is 8.42 Å². The van der Waals surface area contributed by atoms with E-state index in [4.69, 9.17) is 14.0 Å². The van der Waals surface area contributed by atoms with Crippen molar-refractivity contribution in [2.24, 2.45) is 0 Å². The monoisotopic (exact) mass is 367 g/mol. The highest BCUT2D eigenvalue weighted by Crippen LogP contribution is 2.32. The first-order valence-corrected chi connectivity index (χ1v) is 9.37. The molecule has 1 fully saturated rings. The molecule has 0 amide bonds. The van der Waals surface area contributed by atoms with Crippen LogP contribution < -0.4 is 14.4 Å². The summed E-state index contributed by atoms with van der Waals surface area (Å²) in [4.78, 5) is 2.18. The van der Waals surface area contributed by atoms with Gasteiger partial charge in [-0.1, -0.05) is 5.16 Å². The van der Waals surface area contributed by atoms with Crippen LogP contribution in [0.25, 0.3) is 0 Å². The van der Waals surface area contributed by atoms with Gasteiger partial charge in [0.15, 0.2) is 10.7 Å². The maximum Gasteiger partial charge on any atom is 0.267 e. The number of rotatable bonds is 5. The van der Waals surface area contributed by atoms with E-state index in [1.165, 1.54) is 7.11 Å². The van der Waals surface area contributed by atoms with Gasteiger partial charge in [0.1, 0.15) is 11.4 Å². The van der Waals surface area contributed by atoms with Crippen LogP contribution in [-0.2, 0) is 14.8 Å². The molecule has 1 saturated heterocycles. The molecule has 0 radical (unpaired) electrons. The number of methoxy groups -OCH3 is 1. The van der Waals surface area contributed by atoms with Crippen LogP contribution in [0.4, 0.5) is 11.4 Å². The predicted molar refractivity (Wildman–Crippen MR) is 92.8 cm³/mol. The lowest BCUT2D eigenvalue weighted by Gasteiger charge is -2.29. The molecule has 1 aliphatic heterocycles. The van der Waals surface area contributed by atoms with Crippen LogP contribution in [0.2, 0.25) is 0 Å². The second-order valence-corrected chi connectivity index (χ2v) is 7.36. The third kappa shape index (κ3) is 3.57. The number of sulfonamides is 1. The number of aromatic nitrogens is 1. The molecule has 0 bridgehead atoms. The van der Waals surface area contributed by atoms with Crippen molar-refractivity contribution in [1.82, 2.24) is 5.16 Å². The fourth-order valence-corrected chi connectivity index (χ4v) is 4.24. The SMILES string of the molecule is COc1ccc(N2CCOCC2)cc1NS(=O)(=O)c1c(C)noc1C. The number of benzene rings is 1. The van der Waals surface area contributed by atoms with Crippen LogP contribution in [0, 0.1) is 13.8 Å². The summed E-state index contributed by atoms with van der Waals surface area (Å²) in [6.07, 6.45) is 0. The maximum atomic E-state index is 12.8. The van der Waals surface area contributed by atoms with Crippen molar-refractivity contribution in [1.29, 1.82) is 0 Å². The van der Waals surface area contributed by atoms with E-state index in [9.17, 15) is 8.42 Å². The average molecular weight is 367 g/mol. The first-order chi connectivity index (χ1) is 11.9. The number of morpholine rings is 1. The van der Waals surface area contributed by atoms with Crippen molar-refractivity contribution < 1.29 is 22.4 Å². The molecule has 25 heavy (non-hydrogen) atoms. The van der Waals surface area contributed by atoms with E-state index < -0.39 is 10.0 Å².